The minimum absolute atomic E-state index is 0.0331. The molecule has 0 bridgehead atoms. The number of benzene rings is 1. The van der Waals surface area contributed by atoms with Gasteiger partial charge in [0.2, 0.25) is 5.91 Å². The largest absolute Gasteiger partial charge is 0.355 e. The molecule has 1 amide bonds. The Kier molecular flexibility index (Phi) is 5.03. The van der Waals surface area contributed by atoms with Crippen molar-refractivity contribution in [3.63, 3.8) is 0 Å². The van der Waals surface area contributed by atoms with Gasteiger partial charge in [-0.3, -0.25) is 4.79 Å². The number of carbonyl (C=O) groups is 1. The number of amides is 1. The van der Waals surface area contributed by atoms with E-state index in [-0.39, 0.29) is 5.91 Å². The Morgan fingerprint density at radius 1 is 1.40 bits per heavy atom. The summed E-state index contributed by atoms with van der Waals surface area (Å²) in [5, 5.41) is 3.61. The second-order valence-corrected chi connectivity index (χ2v) is 5.82. The van der Waals surface area contributed by atoms with Crippen LogP contribution in [0.2, 0.25) is 0 Å². The number of carbonyl (C=O) groups excluding carboxylic acids is 1. The van der Waals surface area contributed by atoms with Gasteiger partial charge in [-0.25, -0.2) is 4.98 Å². The van der Waals surface area contributed by atoms with E-state index in [0.717, 1.165) is 16.2 Å². The number of hydrogen-bond acceptors (Lipinski definition) is 4. The Balaban J connectivity index is 1.92. The molecule has 2 aromatic rings. The molecule has 6 heteroatoms. The number of aromatic amines is 1. The Bertz CT molecular complexity index is 569. The number of rotatable bonds is 6. The van der Waals surface area contributed by atoms with Crippen molar-refractivity contribution < 1.29 is 4.79 Å². The molecule has 2 rings (SSSR count). The highest BCUT2D eigenvalue weighted by Crippen LogP contribution is 2.22. The Morgan fingerprint density at radius 3 is 2.90 bits per heavy atom. The van der Waals surface area contributed by atoms with Crippen LogP contribution in [-0.4, -0.2) is 34.7 Å². The Morgan fingerprint density at radius 2 is 2.15 bits per heavy atom. The van der Waals surface area contributed by atoms with Crippen molar-refractivity contribution in [2.75, 3.05) is 18.8 Å². The van der Waals surface area contributed by atoms with Crippen LogP contribution in [0.25, 0.3) is 11.0 Å². The predicted molar refractivity (Wildman–Crippen MR) is 83.0 cm³/mol. The van der Waals surface area contributed by atoms with Crippen LogP contribution in [0.4, 0.5) is 0 Å². The van der Waals surface area contributed by atoms with Gasteiger partial charge < -0.3 is 16.0 Å². The second-order valence-electron chi connectivity index (χ2n) is 4.73. The van der Waals surface area contributed by atoms with Gasteiger partial charge in [-0.2, -0.15) is 0 Å². The van der Waals surface area contributed by atoms with Crippen molar-refractivity contribution in [1.29, 1.82) is 0 Å². The molecular formula is C14H20N4OS. The third-order valence-electron chi connectivity index (χ3n) is 3.11. The molecule has 1 heterocycles. The van der Waals surface area contributed by atoms with Gasteiger partial charge in [-0.1, -0.05) is 11.8 Å². The van der Waals surface area contributed by atoms with E-state index in [1.807, 2.05) is 0 Å². The zero-order valence-corrected chi connectivity index (χ0v) is 12.6. The lowest BCUT2D eigenvalue weighted by Crippen LogP contribution is -2.29. The molecule has 108 valence electrons. The van der Waals surface area contributed by atoms with Crippen molar-refractivity contribution in [3.8, 4) is 0 Å². The first-order chi connectivity index (χ1) is 9.60. The zero-order chi connectivity index (χ0) is 14.5. The highest BCUT2D eigenvalue weighted by atomic mass is 32.2. The highest BCUT2D eigenvalue weighted by Gasteiger charge is 2.06. The molecule has 0 aliphatic carbocycles. The van der Waals surface area contributed by atoms with Crippen molar-refractivity contribution in [3.05, 3.63) is 23.3 Å². The van der Waals surface area contributed by atoms with E-state index in [2.05, 4.69) is 41.3 Å². The number of imidazole rings is 1. The van der Waals surface area contributed by atoms with Gasteiger partial charge in [-0.15, -0.1) is 0 Å². The maximum absolute atomic E-state index is 11.4. The first-order valence-corrected chi connectivity index (χ1v) is 7.65. The Labute approximate surface area is 122 Å². The molecule has 0 aliphatic rings. The molecule has 0 atom stereocenters. The van der Waals surface area contributed by atoms with Crippen LogP contribution in [0.5, 0.6) is 0 Å². The average molecular weight is 292 g/mol. The van der Waals surface area contributed by atoms with Crippen LogP contribution in [0.1, 0.15) is 17.5 Å². The normalized spacial score (nSPS) is 10.9. The summed E-state index contributed by atoms with van der Waals surface area (Å²) in [5.74, 6) is 0.736. The fourth-order valence-electron chi connectivity index (χ4n) is 1.85. The van der Waals surface area contributed by atoms with Crippen molar-refractivity contribution >= 4 is 28.7 Å². The number of nitrogens with one attached hydrogen (secondary N) is 2. The van der Waals surface area contributed by atoms with Crippen LogP contribution in [0.15, 0.2) is 17.3 Å². The molecule has 0 radical (unpaired) electrons. The summed E-state index contributed by atoms with van der Waals surface area (Å²) < 4.78 is 0. The summed E-state index contributed by atoms with van der Waals surface area (Å²) in [5.41, 5.74) is 9.84. The van der Waals surface area contributed by atoms with Gasteiger partial charge in [-0.05, 0) is 37.1 Å². The molecule has 4 N–H and O–H groups in total. The van der Waals surface area contributed by atoms with E-state index in [9.17, 15) is 4.79 Å². The monoisotopic (exact) mass is 292 g/mol. The number of aryl methyl sites for hydroxylation is 2. The van der Waals surface area contributed by atoms with Gasteiger partial charge >= 0.3 is 0 Å². The lowest BCUT2D eigenvalue weighted by Gasteiger charge is -2.01. The van der Waals surface area contributed by atoms with Crippen molar-refractivity contribution in [2.45, 2.75) is 25.4 Å². The molecule has 0 spiro atoms. The summed E-state index contributed by atoms with van der Waals surface area (Å²) in [4.78, 5) is 19.3. The molecule has 5 nitrogen and oxygen atoms in total. The third-order valence-corrected chi connectivity index (χ3v) is 3.99. The summed E-state index contributed by atoms with van der Waals surface area (Å²) in [6.07, 6.45) is 0.472. The van der Waals surface area contributed by atoms with Gasteiger partial charge in [0.25, 0.3) is 0 Å². The minimum Gasteiger partial charge on any atom is -0.355 e. The lowest BCUT2D eigenvalue weighted by molar-refractivity contribution is -0.120. The molecular weight excluding hydrogens is 272 g/mol. The maximum atomic E-state index is 11.4. The van der Waals surface area contributed by atoms with E-state index in [4.69, 9.17) is 5.73 Å². The summed E-state index contributed by atoms with van der Waals surface area (Å²) in [6, 6.07) is 4.19. The molecule has 0 saturated carbocycles. The predicted octanol–water partition coefficient (Wildman–Crippen LogP) is 1.74. The van der Waals surface area contributed by atoms with Crippen LogP contribution in [0, 0.1) is 13.8 Å². The van der Waals surface area contributed by atoms with Gasteiger partial charge in [0.15, 0.2) is 5.16 Å². The first-order valence-electron chi connectivity index (χ1n) is 6.66. The van der Waals surface area contributed by atoms with Gasteiger partial charge in [0, 0.05) is 25.3 Å². The molecule has 0 aliphatic heterocycles. The number of hydrogen-bond donors (Lipinski definition) is 3. The van der Waals surface area contributed by atoms with E-state index in [0.29, 0.717) is 25.3 Å². The SMILES string of the molecule is Cc1cc2nc(SCCC(=O)NCCN)[nH]c2cc1C. The first kappa shape index (κ1) is 14.9. The van der Waals surface area contributed by atoms with E-state index < -0.39 is 0 Å². The lowest BCUT2D eigenvalue weighted by atomic mass is 10.1. The molecule has 0 saturated heterocycles. The van der Waals surface area contributed by atoms with Crippen molar-refractivity contribution in [2.24, 2.45) is 5.73 Å². The van der Waals surface area contributed by atoms with E-state index >= 15 is 0 Å². The summed E-state index contributed by atoms with van der Waals surface area (Å²) in [6.45, 7) is 5.18. The average Bonchev–Trinajstić information content (AvgIpc) is 2.78. The fraction of sp³-hybridized carbons (Fsp3) is 0.429. The quantitative estimate of drug-likeness (QED) is 0.708. The minimum atomic E-state index is 0.0331. The van der Waals surface area contributed by atoms with Gasteiger partial charge in [0.05, 0.1) is 11.0 Å². The fourth-order valence-corrected chi connectivity index (χ4v) is 2.68. The smallest absolute Gasteiger partial charge is 0.220 e. The highest BCUT2D eigenvalue weighted by molar-refractivity contribution is 7.99. The van der Waals surface area contributed by atoms with Gasteiger partial charge in [0.1, 0.15) is 0 Å². The Hall–Kier alpha value is -1.53. The van der Waals surface area contributed by atoms with Crippen LogP contribution >= 0.6 is 11.8 Å². The van der Waals surface area contributed by atoms with Crippen LogP contribution < -0.4 is 11.1 Å². The molecule has 20 heavy (non-hydrogen) atoms. The standard InChI is InChI=1S/C14H20N4OS/c1-9-7-11-12(8-10(9)2)18-14(17-11)20-6-3-13(19)16-5-4-15/h7-8H,3-6,15H2,1-2H3,(H,16,19)(H,17,18). The number of nitrogens with two attached hydrogens (primary N) is 1. The third kappa shape index (κ3) is 3.74. The molecule has 1 aromatic carbocycles. The molecule has 1 aromatic heterocycles. The number of aromatic nitrogens is 2. The molecule has 0 unspecified atom stereocenters. The van der Waals surface area contributed by atoms with Crippen LogP contribution in [-0.2, 0) is 4.79 Å². The number of nitrogens with zero attached hydrogens (tertiary/aromatic N) is 1. The van der Waals surface area contributed by atoms with E-state index in [1.54, 1.807) is 11.8 Å². The van der Waals surface area contributed by atoms with Crippen molar-refractivity contribution in [1.82, 2.24) is 15.3 Å². The molecule has 0 fully saturated rings. The van der Waals surface area contributed by atoms with E-state index in [1.165, 1.54) is 11.1 Å². The van der Waals surface area contributed by atoms with Crippen LogP contribution in [0.3, 0.4) is 0 Å². The summed E-state index contributed by atoms with van der Waals surface area (Å²) in [7, 11) is 0. The number of fused-ring (bicyclic) bond motifs is 1. The number of H-pyrrole nitrogens is 1. The summed E-state index contributed by atoms with van der Waals surface area (Å²) >= 11 is 1.56. The maximum Gasteiger partial charge on any atom is 0.220 e. The second kappa shape index (κ2) is 6.76. The zero-order valence-electron chi connectivity index (χ0n) is 11.8. The number of thioether (sulfide) groups is 1. The topological polar surface area (TPSA) is 83.8 Å².